The van der Waals surface area contributed by atoms with E-state index in [9.17, 15) is 13.2 Å². The zero-order chi connectivity index (χ0) is 16.7. The van der Waals surface area contributed by atoms with Gasteiger partial charge in [-0.15, -0.1) is 0 Å². The quantitative estimate of drug-likeness (QED) is 0.877. The van der Waals surface area contributed by atoms with E-state index in [1.807, 2.05) is 6.92 Å². The highest BCUT2D eigenvalue weighted by atomic mass is 32.2. The van der Waals surface area contributed by atoms with Gasteiger partial charge in [-0.25, -0.2) is 13.2 Å². The Labute approximate surface area is 135 Å². The lowest BCUT2D eigenvalue weighted by atomic mass is 10.3. The van der Waals surface area contributed by atoms with Crippen molar-refractivity contribution in [3.63, 3.8) is 0 Å². The van der Waals surface area contributed by atoms with Gasteiger partial charge in [0.05, 0.1) is 10.6 Å². The minimum atomic E-state index is -3.25. The lowest BCUT2D eigenvalue weighted by Gasteiger charge is -2.08. The Bertz CT molecular complexity index is 743. The highest BCUT2D eigenvalue weighted by Gasteiger charge is 2.13. The van der Waals surface area contributed by atoms with Crippen LogP contribution in [0.25, 0.3) is 0 Å². The van der Waals surface area contributed by atoms with E-state index < -0.39 is 15.9 Å². The number of anilines is 1. The molecule has 23 heavy (non-hydrogen) atoms. The lowest BCUT2D eigenvalue weighted by molar-refractivity contribution is 0.155. The standard InChI is InChI=1S/C16H18N2O4S/c1-2-10-23(20,21)15-7-5-14(6-8-15)18-16(19)22-12-13-4-3-9-17-11-13/h3-9,11H,2,10,12H2,1H3,(H,18,19). The molecule has 0 aliphatic rings. The first-order valence-corrected chi connectivity index (χ1v) is 8.82. The number of carbonyl (C=O) groups excluding carboxylic acids is 1. The SMILES string of the molecule is CCCS(=O)(=O)c1ccc(NC(=O)OCc2cccnc2)cc1. The number of hydrogen-bond donors (Lipinski definition) is 1. The number of benzene rings is 1. The van der Waals surface area contributed by atoms with E-state index in [2.05, 4.69) is 10.3 Å². The van der Waals surface area contributed by atoms with Crippen molar-refractivity contribution in [2.24, 2.45) is 0 Å². The normalized spacial score (nSPS) is 11.0. The average molecular weight is 334 g/mol. The smallest absolute Gasteiger partial charge is 0.411 e. The summed E-state index contributed by atoms with van der Waals surface area (Å²) in [6.07, 6.45) is 3.19. The number of rotatable bonds is 6. The number of sulfone groups is 1. The number of pyridine rings is 1. The zero-order valence-corrected chi connectivity index (χ0v) is 13.5. The maximum absolute atomic E-state index is 11.9. The molecule has 0 spiro atoms. The molecule has 1 N–H and O–H groups in total. The van der Waals surface area contributed by atoms with Crippen LogP contribution in [0.3, 0.4) is 0 Å². The molecule has 0 saturated heterocycles. The molecule has 122 valence electrons. The van der Waals surface area contributed by atoms with Crippen LogP contribution < -0.4 is 5.32 Å². The summed E-state index contributed by atoms with van der Waals surface area (Å²) in [6, 6.07) is 9.57. The summed E-state index contributed by atoms with van der Waals surface area (Å²) in [5.41, 5.74) is 1.25. The maximum atomic E-state index is 11.9. The van der Waals surface area contributed by atoms with Crippen molar-refractivity contribution in [2.45, 2.75) is 24.8 Å². The van der Waals surface area contributed by atoms with Crippen molar-refractivity contribution >= 4 is 21.6 Å². The fraction of sp³-hybridized carbons (Fsp3) is 0.250. The van der Waals surface area contributed by atoms with Crippen molar-refractivity contribution < 1.29 is 17.9 Å². The Kier molecular flexibility index (Phi) is 5.70. The van der Waals surface area contributed by atoms with Crippen LogP contribution in [0.2, 0.25) is 0 Å². The van der Waals surface area contributed by atoms with Crippen LogP contribution in [0, 0.1) is 0 Å². The van der Waals surface area contributed by atoms with Gasteiger partial charge in [0.2, 0.25) is 0 Å². The van der Waals surface area contributed by atoms with Gasteiger partial charge in [-0.3, -0.25) is 10.3 Å². The summed E-state index contributed by atoms with van der Waals surface area (Å²) in [5, 5.41) is 2.55. The molecule has 0 aliphatic heterocycles. The first-order chi connectivity index (χ1) is 11.0. The van der Waals surface area contributed by atoms with Crippen LogP contribution in [0.1, 0.15) is 18.9 Å². The number of hydrogen-bond acceptors (Lipinski definition) is 5. The Balaban J connectivity index is 1.92. The molecular formula is C16H18N2O4S. The van der Waals surface area contributed by atoms with E-state index in [4.69, 9.17) is 4.74 Å². The van der Waals surface area contributed by atoms with Crippen LogP contribution in [0.15, 0.2) is 53.7 Å². The molecule has 2 rings (SSSR count). The predicted molar refractivity (Wildman–Crippen MR) is 86.8 cm³/mol. The fourth-order valence-corrected chi connectivity index (χ4v) is 3.24. The van der Waals surface area contributed by atoms with Gasteiger partial charge in [-0.05, 0) is 36.8 Å². The Morgan fingerprint density at radius 1 is 1.22 bits per heavy atom. The minimum Gasteiger partial charge on any atom is -0.444 e. The van der Waals surface area contributed by atoms with Gasteiger partial charge < -0.3 is 4.74 Å². The number of aromatic nitrogens is 1. The molecule has 6 nitrogen and oxygen atoms in total. The van der Waals surface area contributed by atoms with Gasteiger partial charge in [-0.2, -0.15) is 0 Å². The second-order valence-electron chi connectivity index (χ2n) is 4.91. The molecule has 1 heterocycles. The second-order valence-corrected chi connectivity index (χ2v) is 7.01. The second kappa shape index (κ2) is 7.73. The number of amides is 1. The third-order valence-electron chi connectivity index (χ3n) is 3.03. The molecule has 0 saturated carbocycles. The van der Waals surface area contributed by atoms with E-state index in [0.29, 0.717) is 12.1 Å². The van der Waals surface area contributed by atoms with E-state index in [1.165, 1.54) is 24.3 Å². The van der Waals surface area contributed by atoms with Crippen molar-refractivity contribution in [1.82, 2.24) is 4.98 Å². The van der Waals surface area contributed by atoms with Crippen LogP contribution in [-0.4, -0.2) is 25.2 Å². The molecule has 0 radical (unpaired) electrons. The van der Waals surface area contributed by atoms with Crippen LogP contribution >= 0.6 is 0 Å². The number of carbonyl (C=O) groups is 1. The summed E-state index contributed by atoms with van der Waals surface area (Å²) >= 11 is 0. The van der Waals surface area contributed by atoms with E-state index in [-0.39, 0.29) is 17.3 Å². The third-order valence-corrected chi connectivity index (χ3v) is 4.96. The summed E-state index contributed by atoms with van der Waals surface area (Å²) in [4.78, 5) is 15.9. The highest BCUT2D eigenvalue weighted by molar-refractivity contribution is 7.91. The minimum absolute atomic E-state index is 0.104. The predicted octanol–water partition coefficient (Wildman–Crippen LogP) is 3.01. The van der Waals surface area contributed by atoms with Crippen molar-refractivity contribution in [1.29, 1.82) is 0 Å². The Morgan fingerprint density at radius 3 is 2.57 bits per heavy atom. The molecule has 0 aliphatic carbocycles. The molecule has 1 amide bonds. The van der Waals surface area contributed by atoms with Crippen molar-refractivity contribution in [2.75, 3.05) is 11.1 Å². The molecule has 0 unspecified atom stereocenters. The number of ether oxygens (including phenoxy) is 1. The molecule has 2 aromatic rings. The molecule has 7 heteroatoms. The molecule has 1 aromatic carbocycles. The van der Waals surface area contributed by atoms with Crippen molar-refractivity contribution in [3.05, 3.63) is 54.4 Å². The van der Waals surface area contributed by atoms with Crippen LogP contribution in [0.4, 0.5) is 10.5 Å². The van der Waals surface area contributed by atoms with Gasteiger partial charge in [-0.1, -0.05) is 13.0 Å². The molecule has 0 atom stereocenters. The summed E-state index contributed by atoms with van der Waals surface area (Å²) in [5.74, 6) is 0.104. The first-order valence-electron chi connectivity index (χ1n) is 7.17. The molecule has 0 fully saturated rings. The van der Waals surface area contributed by atoms with Crippen LogP contribution in [-0.2, 0) is 21.2 Å². The van der Waals surface area contributed by atoms with Gasteiger partial charge in [0.15, 0.2) is 9.84 Å². The van der Waals surface area contributed by atoms with Gasteiger partial charge in [0, 0.05) is 23.6 Å². The zero-order valence-electron chi connectivity index (χ0n) is 12.7. The molecule has 0 bridgehead atoms. The average Bonchev–Trinajstić information content (AvgIpc) is 2.54. The van der Waals surface area contributed by atoms with Gasteiger partial charge in [0.25, 0.3) is 0 Å². The summed E-state index contributed by atoms with van der Waals surface area (Å²) in [7, 11) is -3.25. The van der Waals surface area contributed by atoms with Gasteiger partial charge >= 0.3 is 6.09 Å². The fourth-order valence-electron chi connectivity index (χ4n) is 1.92. The van der Waals surface area contributed by atoms with Gasteiger partial charge in [0.1, 0.15) is 6.61 Å². The van der Waals surface area contributed by atoms with E-state index in [1.54, 1.807) is 24.5 Å². The third kappa shape index (κ3) is 5.07. The maximum Gasteiger partial charge on any atom is 0.411 e. The first kappa shape index (κ1) is 17.0. The van der Waals surface area contributed by atoms with Crippen molar-refractivity contribution in [3.8, 4) is 0 Å². The highest BCUT2D eigenvalue weighted by Crippen LogP contribution is 2.16. The summed E-state index contributed by atoms with van der Waals surface area (Å²) in [6.45, 7) is 1.92. The molecule has 1 aromatic heterocycles. The molecular weight excluding hydrogens is 316 g/mol. The lowest BCUT2D eigenvalue weighted by Crippen LogP contribution is -2.13. The number of nitrogens with one attached hydrogen (secondary N) is 1. The van der Waals surface area contributed by atoms with Crippen LogP contribution in [0.5, 0.6) is 0 Å². The monoisotopic (exact) mass is 334 g/mol. The largest absolute Gasteiger partial charge is 0.444 e. The Hall–Kier alpha value is -2.41. The summed E-state index contributed by atoms with van der Waals surface area (Å²) < 4.78 is 28.9. The topological polar surface area (TPSA) is 85.4 Å². The Morgan fingerprint density at radius 2 is 1.96 bits per heavy atom. The van der Waals surface area contributed by atoms with E-state index in [0.717, 1.165) is 5.56 Å². The number of nitrogens with zero attached hydrogens (tertiary/aromatic N) is 1. The van der Waals surface area contributed by atoms with E-state index >= 15 is 0 Å².